The van der Waals surface area contributed by atoms with Crippen LogP contribution in [0.2, 0.25) is 0 Å². The lowest BCUT2D eigenvalue weighted by Gasteiger charge is -2.43. The van der Waals surface area contributed by atoms with Gasteiger partial charge in [0.1, 0.15) is 0 Å². The van der Waals surface area contributed by atoms with E-state index in [2.05, 4.69) is 13.8 Å². The number of rotatable bonds is 0. The largest absolute Gasteiger partial charge is 0.279 e. The van der Waals surface area contributed by atoms with Gasteiger partial charge in [-0.05, 0) is 52.4 Å². The van der Waals surface area contributed by atoms with Crippen molar-refractivity contribution in [3.8, 4) is 0 Å². The lowest BCUT2D eigenvalue weighted by atomic mass is 9.74. The van der Waals surface area contributed by atoms with Crippen LogP contribution in [0.3, 0.4) is 0 Å². The summed E-state index contributed by atoms with van der Waals surface area (Å²) >= 11 is 0. The third kappa shape index (κ3) is 1.46. The summed E-state index contributed by atoms with van der Waals surface area (Å²) < 4.78 is 0. The lowest BCUT2D eigenvalue weighted by molar-refractivity contribution is 0.420. The third-order valence-corrected chi connectivity index (χ3v) is 4.66. The molecule has 2 aliphatic carbocycles. The monoisotopic (exact) mass is 218 g/mol. The Balaban J connectivity index is 2.02. The molecule has 0 saturated heterocycles. The molecule has 0 aromatic rings. The first-order chi connectivity index (χ1) is 7.62. The smallest absolute Gasteiger partial charge is 0.0955 e. The van der Waals surface area contributed by atoms with E-state index in [0.29, 0.717) is 0 Å². The molecule has 3 aliphatic rings. The molecule has 2 saturated carbocycles. The van der Waals surface area contributed by atoms with Crippen LogP contribution in [-0.2, 0) is 0 Å². The summed E-state index contributed by atoms with van der Waals surface area (Å²) in [5.74, 6) is 0. The van der Waals surface area contributed by atoms with E-state index in [-0.39, 0.29) is 11.1 Å². The predicted octanol–water partition coefficient (Wildman–Crippen LogP) is 3.55. The van der Waals surface area contributed by atoms with Gasteiger partial charge in [-0.15, -0.1) is 0 Å². The molecule has 0 aromatic carbocycles. The van der Waals surface area contributed by atoms with Gasteiger partial charge < -0.3 is 0 Å². The number of fused-ring (bicyclic) bond motifs is 2. The minimum Gasteiger partial charge on any atom is -0.279 e. The van der Waals surface area contributed by atoms with Gasteiger partial charge in [0.15, 0.2) is 0 Å². The van der Waals surface area contributed by atoms with E-state index in [1.165, 1.54) is 62.8 Å². The lowest BCUT2D eigenvalue weighted by Crippen LogP contribution is -2.49. The molecule has 16 heavy (non-hydrogen) atoms. The topological polar surface area (TPSA) is 24.7 Å². The molecule has 0 spiro atoms. The van der Waals surface area contributed by atoms with E-state index in [4.69, 9.17) is 9.98 Å². The second-order valence-electron chi connectivity index (χ2n) is 6.08. The Morgan fingerprint density at radius 1 is 0.750 bits per heavy atom. The zero-order valence-corrected chi connectivity index (χ0v) is 10.6. The Morgan fingerprint density at radius 3 is 1.62 bits per heavy atom. The van der Waals surface area contributed by atoms with Crippen molar-refractivity contribution >= 4 is 11.4 Å². The van der Waals surface area contributed by atoms with Gasteiger partial charge in [0.05, 0.1) is 11.1 Å². The molecular formula is C14H22N2. The third-order valence-electron chi connectivity index (χ3n) is 4.66. The van der Waals surface area contributed by atoms with Gasteiger partial charge in [-0.2, -0.15) is 0 Å². The van der Waals surface area contributed by atoms with Crippen molar-refractivity contribution < 1.29 is 0 Å². The van der Waals surface area contributed by atoms with E-state index in [0.717, 1.165) is 0 Å². The maximum atomic E-state index is 5.12. The van der Waals surface area contributed by atoms with Crippen molar-refractivity contribution in [2.24, 2.45) is 9.98 Å². The highest BCUT2D eigenvalue weighted by Gasteiger charge is 2.43. The standard InChI is InChI=1S/C14H22N2/c1-13-9-5-3-7-11(13)16-14(2)10-6-4-8-12(14)15-13/h3-10H2,1-2H3. The second-order valence-corrected chi connectivity index (χ2v) is 6.08. The van der Waals surface area contributed by atoms with Crippen molar-refractivity contribution in [3.05, 3.63) is 0 Å². The van der Waals surface area contributed by atoms with Gasteiger partial charge in [-0.1, -0.05) is 12.8 Å². The molecule has 88 valence electrons. The molecule has 2 nitrogen and oxygen atoms in total. The summed E-state index contributed by atoms with van der Waals surface area (Å²) in [6.45, 7) is 4.60. The van der Waals surface area contributed by atoms with Crippen LogP contribution >= 0.6 is 0 Å². The fourth-order valence-corrected chi connectivity index (χ4v) is 3.54. The molecule has 2 atom stereocenters. The Bertz CT molecular complexity index is 333. The van der Waals surface area contributed by atoms with Crippen molar-refractivity contribution in [1.29, 1.82) is 0 Å². The van der Waals surface area contributed by atoms with Gasteiger partial charge in [0, 0.05) is 11.4 Å². The maximum Gasteiger partial charge on any atom is 0.0955 e. The SMILES string of the molecule is CC12CCCCC1=NC1(C)CCCCC1=N2. The molecule has 2 heteroatoms. The van der Waals surface area contributed by atoms with E-state index in [1.807, 2.05) is 0 Å². The summed E-state index contributed by atoms with van der Waals surface area (Å²) in [6, 6.07) is 0. The average Bonchev–Trinajstić information content (AvgIpc) is 2.25. The molecule has 2 fully saturated rings. The van der Waals surface area contributed by atoms with Crippen LogP contribution in [-0.4, -0.2) is 22.5 Å². The molecule has 3 rings (SSSR count). The molecule has 2 unspecified atom stereocenters. The van der Waals surface area contributed by atoms with E-state index in [1.54, 1.807) is 0 Å². The molecule has 0 aromatic heterocycles. The molecule has 0 N–H and O–H groups in total. The maximum absolute atomic E-state index is 5.12. The predicted molar refractivity (Wildman–Crippen MR) is 68.6 cm³/mol. The Morgan fingerprint density at radius 2 is 1.19 bits per heavy atom. The van der Waals surface area contributed by atoms with Crippen molar-refractivity contribution in [2.45, 2.75) is 76.3 Å². The first-order valence-corrected chi connectivity index (χ1v) is 6.81. The first kappa shape index (κ1) is 10.5. The van der Waals surface area contributed by atoms with Crippen LogP contribution in [0.5, 0.6) is 0 Å². The van der Waals surface area contributed by atoms with E-state index < -0.39 is 0 Å². The van der Waals surface area contributed by atoms with Crippen molar-refractivity contribution in [3.63, 3.8) is 0 Å². The zero-order chi connectivity index (χ0) is 11.2. The molecular weight excluding hydrogens is 196 g/mol. The highest BCUT2D eigenvalue weighted by molar-refractivity contribution is 6.05. The number of hydrogen-bond donors (Lipinski definition) is 0. The Labute approximate surface area is 98.3 Å². The number of nitrogens with zero attached hydrogens (tertiary/aromatic N) is 2. The van der Waals surface area contributed by atoms with Crippen LogP contribution in [0.1, 0.15) is 65.2 Å². The summed E-state index contributed by atoms with van der Waals surface area (Å²) in [5.41, 5.74) is 2.94. The van der Waals surface area contributed by atoms with Crippen LogP contribution < -0.4 is 0 Å². The summed E-state index contributed by atoms with van der Waals surface area (Å²) in [7, 11) is 0. The quantitative estimate of drug-likeness (QED) is 0.594. The second kappa shape index (κ2) is 3.41. The number of aliphatic imine (C=N–C) groups is 2. The van der Waals surface area contributed by atoms with Gasteiger partial charge in [-0.3, -0.25) is 9.98 Å². The summed E-state index contributed by atoms with van der Waals surface area (Å²) in [6.07, 6.45) is 10.1. The van der Waals surface area contributed by atoms with E-state index >= 15 is 0 Å². The molecule has 0 radical (unpaired) electrons. The molecule has 0 amide bonds. The van der Waals surface area contributed by atoms with Crippen molar-refractivity contribution in [1.82, 2.24) is 0 Å². The normalized spacial score (nSPS) is 42.9. The van der Waals surface area contributed by atoms with Crippen LogP contribution in [0, 0.1) is 0 Å². The van der Waals surface area contributed by atoms with Gasteiger partial charge >= 0.3 is 0 Å². The molecule has 0 bridgehead atoms. The van der Waals surface area contributed by atoms with Crippen molar-refractivity contribution in [2.75, 3.05) is 0 Å². The van der Waals surface area contributed by atoms with Gasteiger partial charge in [0.2, 0.25) is 0 Å². The van der Waals surface area contributed by atoms with Gasteiger partial charge in [-0.25, -0.2) is 0 Å². The zero-order valence-electron chi connectivity index (χ0n) is 10.6. The van der Waals surface area contributed by atoms with E-state index in [9.17, 15) is 0 Å². The Kier molecular flexibility index (Phi) is 2.24. The highest BCUT2D eigenvalue weighted by Crippen LogP contribution is 2.40. The molecule has 1 aliphatic heterocycles. The number of hydrogen-bond acceptors (Lipinski definition) is 2. The molecule has 1 heterocycles. The fourth-order valence-electron chi connectivity index (χ4n) is 3.54. The average molecular weight is 218 g/mol. The van der Waals surface area contributed by atoms with Crippen LogP contribution in [0.25, 0.3) is 0 Å². The summed E-state index contributed by atoms with van der Waals surface area (Å²) in [4.78, 5) is 10.2. The fraction of sp³-hybridized carbons (Fsp3) is 0.857. The minimum absolute atomic E-state index is 0.0738. The Hall–Kier alpha value is -0.660. The van der Waals surface area contributed by atoms with Crippen LogP contribution in [0.15, 0.2) is 9.98 Å². The van der Waals surface area contributed by atoms with Crippen LogP contribution in [0.4, 0.5) is 0 Å². The highest BCUT2D eigenvalue weighted by atomic mass is 15.0. The summed E-state index contributed by atoms with van der Waals surface area (Å²) in [5, 5.41) is 0. The first-order valence-electron chi connectivity index (χ1n) is 6.81. The van der Waals surface area contributed by atoms with Gasteiger partial charge in [0.25, 0.3) is 0 Å². The minimum atomic E-state index is 0.0738.